The van der Waals surface area contributed by atoms with E-state index >= 15 is 0 Å². The summed E-state index contributed by atoms with van der Waals surface area (Å²) in [4.78, 5) is 11.9. The van der Waals surface area contributed by atoms with Crippen molar-refractivity contribution in [1.82, 2.24) is 15.0 Å². The van der Waals surface area contributed by atoms with Crippen LogP contribution in [0.2, 0.25) is 0 Å². The van der Waals surface area contributed by atoms with Crippen LogP contribution in [0.5, 0.6) is 5.75 Å². The van der Waals surface area contributed by atoms with Gasteiger partial charge in [0, 0.05) is 12.6 Å². The maximum absolute atomic E-state index is 5.71. The van der Waals surface area contributed by atoms with Crippen LogP contribution in [0, 0.1) is 6.92 Å². The first-order chi connectivity index (χ1) is 9.31. The van der Waals surface area contributed by atoms with Crippen LogP contribution in [-0.2, 0) is 6.42 Å². The molecule has 0 unspecified atom stereocenters. The molecule has 0 spiro atoms. The van der Waals surface area contributed by atoms with Gasteiger partial charge in [0.25, 0.3) is 0 Å². The number of hydrogen-bond donors (Lipinski definition) is 1. The lowest BCUT2D eigenvalue weighted by Crippen LogP contribution is -2.02. The summed E-state index contributed by atoms with van der Waals surface area (Å²) in [6, 6.07) is 11.9. The summed E-state index contributed by atoms with van der Waals surface area (Å²) in [6.45, 7) is 2.65. The molecular formula is C15H15N3O. The lowest BCUT2D eigenvalue weighted by molar-refractivity contribution is 0.319. The number of aromatic nitrogens is 3. The molecular weight excluding hydrogens is 238 g/mol. The number of aromatic amines is 1. The first kappa shape index (κ1) is 11.7. The van der Waals surface area contributed by atoms with Crippen LogP contribution in [0.15, 0.2) is 42.6 Å². The molecule has 0 bridgehead atoms. The summed E-state index contributed by atoms with van der Waals surface area (Å²) < 4.78 is 5.71. The first-order valence-corrected chi connectivity index (χ1v) is 6.30. The Bertz CT molecular complexity index is 657. The van der Waals surface area contributed by atoms with Crippen molar-refractivity contribution in [3.63, 3.8) is 0 Å². The fourth-order valence-electron chi connectivity index (χ4n) is 1.98. The predicted molar refractivity (Wildman–Crippen MR) is 74.3 cm³/mol. The van der Waals surface area contributed by atoms with Gasteiger partial charge in [-0.15, -0.1) is 0 Å². The minimum absolute atomic E-state index is 0.600. The second-order valence-electron chi connectivity index (χ2n) is 4.47. The molecule has 3 rings (SSSR count). The SMILES string of the molecule is Cc1cccc(OCCc2nc3ncccc3[nH]2)c1. The van der Waals surface area contributed by atoms with E-state index in [0.29, 0.717) is 6.61 Å². The first-order valence-electron chi connectivity index (χ1n) is 6.30. The molecule has 0 radical (unpaired) electrons. The van der Waals surface area contributed by atoms with Crippen molar-refractivity contribution in [1.29, 1.82) is 0 Å². The lowest BCUT2D eigenvalue weighted by atomic mass is 10.2. The molecule has 0 aliphatic heterocycles. The Balaban J connectivity index is 1.63. The number of pyridine rings is 1. The molecule has 2 aromatic heterocycles. The van der Waals surface area contributed by atoms with Crippen molar-refractivity contribution in [3.05, 3.63) is 54.0 Å². The highest BCUT2D eigenvalue weighted by Crippen LogP contribution is 2.13. The van der Waals surface area contributed by atoms with Gasteiger partial charge in [0.15, 0.2) is 5.65 Å². The van der Waals surface area contributed by atoms with Gasteiger partial charge in [-0.3, -0.25) is 0 Å². The number of H-pyrrole nitrogens is 1. The van der Waals surface area contributed by atoms with E-state index in [1.807, 2.05) is 30.3 Å². The van der Waals surface area contributed by atoms with Crippen LogP contribution in [0.1, 0.15) is 11.4 Å². The van der Waals surface area contributed by atoms with E-state index in [0.717, 1.165) is 29.2 Å². The Kier molecular flexibility index (Phi) is 3.14. The van der Waals surface area contributed by atoms with Gasteiger partial charge >= 0.3 is 0 Å². The largest absolute Gasteiger partial charge is 0.493 e. The monoisotopic (exact) mass is 253 g/mol. The molecule has 0 saturated carbocycles. The van der Waals surface area contributed by atoms with E-state index in [1.165, 1.54) is 5.56 Å². The van der Waals surface area contributed by atoms with E-state index in [9.17, 15) is 0 Å². The summed E-state index contributed by atoms with van der Waals surface area (Å²) >= 11 is 0. The van der Waals surface area contributed by atoms with E-state index in [2.05, 4.69) is 27.9 Å². The number of benzene rings is 1. The minimum Gasteiger partial charge on any atom is -0.493 e. The van der Waals surface area contributed by atoms with Gasteiger partial charge in [-0.1, -0.05) is 12.1 Å². The summed E-state index contributed by atoms with van der Waals surface area (Å²) in [7, 11) is 0. The summed E-state index contributed by atoms with van der Waals surface area (Å²) in [6.07, 6.45) is 2.49. The van der Waals surface area contributed by atoms with Crippen LogP contribution in [0.4, 0.5) is 0 Å². The molecule has 1 aromatic carbocycles. The quantitative estimate of drug-likeness (QED) is 0.777. The number of hydrogen-bond acceptors (Lipinski definition) is 3. The summed E-state index contributed by atoms with van der Waals surface area (Å²) in [5.41, 5.74) is 2.92. The number of nitrogens with one attached hydrogen (secondary N) is 1. The van der Waals surface area contributed by atoms with Gasteiger partial charge in [0.05, 0.1) is 12.1 Å². The van der Waals surface area contributed by atoms with Gasteiger partial charge in [-0.25, -0.2) is 9.97 Å². The lowest BCUT2D eigenvalue weighted by Gasteiger charge is -2.05. The number of aryl methyl sites for hydroxylation is 1. The third kappa shape index (κ3) is 2.73. The van der Waals surface area contributed by atoms with Gasteiger partial charge in [0.1, 0.15) is 11.6 Å². The van der Waals surface area contributed by atoms with Gasteiger partial charge in [-0.05, 0) is 36.8 Å². The molecule has 0 aliphatic carbocycles. The molecule has 0 amide bonds. The second kappa shape index (κ2) is 5.10. The van der Waals surface area contributed by atoms with Crippen LogP contribution in [-0.4, -0.2) is 21.6 Å². The number of rotatable bonds is 4. The predicted octanol–water partition coefficient (Wildman–Crippen LogP) is 2.89. The highest BCUT2D eigenvalue weighted by atomic mass is 16.5. The van der Waals surface area contributed by atoms with Crippen molar-refractivity contribution in [2.45, 2.75) is 13.3 Å². The average molecular weight is 253 g/mol. The zero-order valence-electron chi connectivity index (χ0n) is 10.8. The Labute approximate surface area is 111 Å². The molecule has 1 N–H and O–H groups in total. The highest BCUT2D eigenvalue weighted by molar-refractivity contribution is 5.69. The Morgan fingerprint density at radius 3 is 3.00 bits per heavy atom. The molecule has 0 aliphatic rings. The molecule has 96 valence electrons. The zero-order valence-corrected chi connectivity index (χ0v) is 10.8. The minimum atomic E-state index is 0.600. The number of fused-ring (bicyclic) bond motifs is 1. The van der Waals surface area contributed by atoms with Crippen molar-refractivity contribution in [3.8, 4) is 5.75 Å². The molecule has 0 fully saturated rings. The fraction of sp³-hybridized carbons (Fsp3) is 0.200. The standard InChI is InChI=1S/C15H15N3O/c1-11-4-2-5-12(10-11)19-9-7-14-17-13-6-3-8-16-15(13)18-14/h2-6,8,10H,7,9H2,1H3,(H,16,17,18). The van der Waals surface area contributed by atoms with E-state index < -0.39 is 0 Å². The van der Waals surface area contributed by atoms with E-state index in [1.54, 1.807) is 6.20 Å². The highest BCUT2D eigenvalue weighted by Gasteiger charge is 2.03. The Morgan fingerprint density at radius 1 is 1.21 bits per heavy atom. The molecule has 0 atom stereocenters. The molecule has 4 nitrogen and oxygen atoms in total. The second-order valence-corrected chi connectivity index (χ2v) is 4.47. The van der Waals surface area contributed by atoms with Crippen LogP contribution in [0.25, 0.3) is 11.2 Å². The van der Waals surface area contributed by atoms with Crippen LogP contribution >= 0.6 is 0 Å². The molecule has 19 heavy (non-hydrogen) atoms. The van der Waals surface area contributed by atoms with Crippen LogP contribution < -0.4 is 4.74 Å². The van der Waals surface area contributed by atoms with E-state index in [-0.39, 0.29) is 0 Å². The fourth-order valence-corrected chi connectivity index (χ4v) is 1.98. The Hall–Kier alpha value is -2.36. The Morgan fingerprint density at radius 2 is 2.16 bits per heavy atom. The maximum atomic E-state index is 5.71. The van der Waals surface area contributed by atoms with Gasteiger partial charge in [-0.2, -0.15) is 0 Å². The third-order valence-electron chi connectivity index (χ3n) is 2.90. The van der Waals surface area contributed by atoms with Gasteiger partial charge in [0.2, 0.25) is 0 Å². The number of imidazole rings is 1. The van der Waals surface area contributed by atoms with E-state index in [4.69, 9.17) is 4.74 Å². The molecule has 0 saturated heterocycles. The molecule has 3 aromatic rings. The van der Waals surface area contributed by atoms with Crippen molar-refractivity contribution >= 4 is 11.2 Å². The van der Waals surface area contributed by atoms with Crippen LogP contribution in [0.3, 0.4) is 0 Å². The zero-order chi connectivity index (χ0) is 13.1. The van der Waals surface area contributed by atoms with Gasteiger partial charge < -0.3 is 9.72 Å². The third-order valence-corrected chi connectivity index (χ3v) is 2.90. The van der Waals surface area contributed by atoms with Crippen molar-refractivity contribution < 1.29 is 4.74 Å². The van der Waals surface area contributed by atoms with Crippen molar-refractivity contribution in [2.24, 2.45) is 0 Å². The number of nitrogens with zero attached hydrogens (tertiary/aromatic N) is 2. The molecule has 2 heterocycles. The average Bonchev–Trinajstić information content (AvgIpc) is 2.81. The summed E-state index contributed by atoms with van der Waals surface area (Å²) in [5.74, 6) is 1.80. The maximum Gasteiger partial charge on any atom is 0.177 e. The number of ether oxygens (including phenoxy) is 1. The van der Waals surface area contributed by atoms with Crippen molar-refractivity contribution in [2.75, 3.05) is 6.61 Å². The normalized spacial score (nSPS) is 10.8. The molecule has 4 heteroatoms. The smallest absolute Gasteiger partial charge is 0.177 e. The summed E-state index contributed by atoms with van der Waals surface area (Å²) in [5, 5.41) is 0. The topological polar surface area (TPSA) is 50.8 Å².